The number of carbonyl (C=O) groups is 1. The average molecular weight is 228 g/mol. The molecule has 16 heavy (non-hydrogen) atoms. The predicted molar refractivity (Wildman–Crippen MR) is 66.1 cm³/mol. The molecule has 0 aromatic carbocycles. The fourth-order valence-corrected chi connectivity index (χ4v) is 1.15. The lowest BCUT2D eigenvalue weighted by Crippen LogP contribution is -2.45. The van der Waals surface area contributed by atoms with Crippen LogP contribution in [0.1, 0.15) is 26.7 Å². The maximum absolute atomic E-state index is 11.5. The Morgan fingerprint density at radius 1 is 1.56 bits per heavy atom. The SMILES string of the molecule is C=CCCOCCNC(=O)[C@@H](N)C(C)CC. The van der Waals surface area contributed by atoms with Crippen LogP contribution in [0.15, 0.2) is 12.7 Å². The summed E-state index contributed by atoms with van der Waals surface area (Å²) < 4.78 is 5.26. The first-order valence-corrected chi connectivity index (χ1v) is 5.85. The van der Waals surface area contributed by atoms with Gasteiger partial charge in [-0.05, 0) is 12.3 Å². The smallest absolute Gasteiger partial charge is 0.237 e. The molecule has 1 amide bonds. The highest BCUT2D eigenvalue weighted by molar-refractivity contribution is 5.81. The fraction of sp³-hybridized carbons (Fsp3) is 0.750. The van der Waals surface area contributed by atoms with Crippen molar-refractivity contribution in [2.24, 2.45) is 11.7 Å². The molecule has 0 aromatic rings. The first kappa shape index (κ1) is 15.1. The van der Waals surface area contributed by atoms with Gasteiger partial charge in [0.05, 0.1) is 19.3 Å². The topological polar surface area (TPSA) is 64.3 Å². The first-order valence-electron chi connectivity index (χ1n) is 5.85. The van der Waals surface area contributed by atoms with Crippen LogP contribution in [0.4, 0.5) is 0 Å². The van der Waals surface area contributed by atoms with E-state index in [2.05, 4.69) is 11.9 Å². The fourth-order valence-electron chi connectivity index (χ4n) is 1.15. The summed E-state index contributed by atoms with van der Waals surface area (Å²) in [7, 11) is 0. The minimum absolute atomic E-state index is 0.0957. The van der Waals surface area contributed by atoms with E-state index < -0.39 is 6.04 Å². The molecule has 0 saturated heterocycles. The lowest BCUT2D eigenvalue weighted by atomic mass is 9.99. The van der Waals surface area contributed by atoms with E-state index in [0.29, 0.717) is 19.8 Å². The number of hydrogen-bond acceptors (Lipinski definition) is 3. The third kappa shape index (κ3) is 6.58. The van der Waals surface area contributed by atoms with Gasteiger partial charge in [-0.1, -0.05) is 26.3 Å². The standard InChI is InChI=1S/C12H24N2O2/c1-4-6-8-16-9-7-14-12(15)11(13)10(3)5-2/h4,10-11H,1,5-9,13H2,2-3H3,(H,14,15)/t10?,11-/m0/s1. The quantitative estimate of drug-likeness (QED) is 0.458. The summed E-state index contributed by atoms with van der Waals surface area (Å²) in [5.41, 5.74) is 5.77. The number of rotatable bonds is 9. The van der Waals surface area contributed by atoms with Gasteiger partial charge in [-0.3, -0.25) is 4.79 Å². The van der Waals surface area contributed by atoms with Crippen molar-refractivity contribution in [1.82, 2.24) is 5.32 Å². The van der Waals surface area contributed by atoms with E-state index in [9.17, 15) is 4.79 Å². The summed E-state index contributed by atoms with van der Waals surface area (Å²) >= 11 is 0. The molecule has 0 heterocycles. The third-order valence-corrected chi connectivity index (χ3v) is 2.57. The van der Waals surface area contributed by atoms with Gasteiger partial charge in [0.25, 0.3) is 0 Å². The Bertz CT molecular complexity index is 207. The summed E-state index contributed by atoms with van der Waals surface area (Å²) in [6.07, 6.45) is 3.54. The Morgan fingerprint density at radius 3 is 2.81 bits per heavy atom. The van der Waals surface area contributed by atoms with Gasteiger partial charge >= 0.3 is 0 Å². The molecule has 1 unspecified atom stereocenters. The predicted octanol–water partition coefficient (Wildman–Crippen LogP) is 1.07. The molecule has 4 heteroatoms. The Kier molecular flexibility index (Phi) is 8.85. The average Bonchev–Trinajstić information content (AvgIpc) is 2.31. The van der Waals surface area contributed by atoms with Crippen LogP contribution < -0.4 is 11.1 Å². The summed E-state index contributed by atoms with van der Waals surface area (Å²) in [6, 6.07) is -0.418. The number of hydrogen-bond donors (Lipinski definition) is 2. The van der Waals surface area contributed by atoms with E-state index >= 15 is 0 Å². The summed E-state index contributed by atoms with van der Waals surface area (Å²) in [6.45, 7) is 9.28. The van der Waals surface area contributed by atoms with Crippen LogP contribution >= 0.6 is 0 Å². The van der Waals surface area contributed by atoms with Gasteiger partial charge in [0.1, 0.15) is 0 Å². The Morgan fingerprint density at radius 2 is 2.25 bits per heavy atom. The van der Waals surface area contributed by atoms with Crippen molar-refractivity contribution in [3.05, 3.63) is 12.7 Å². The van der Waals surface area contributed by atoms with Crippen molar-refractivity contribution >= 4 is 5.91 Å². The molecule has 0 aliphatic carbocycles. The molecular weight excluding hydrogens is 204 g/mol. The monoisotopic (exact) mass is 228 g/mol. The van der Waals surface area contributed by atoms with Crippen molar-refractivity contribution in [3.63, 3.8) is 0 Å². The Labute approximate surface area is 98.2 Å². The molecule has 3 N–H and O–H groups in total. The zero-order valence-electron chi connectivity index (χ0n) is 10.4. The van der Waals surface area contributed by atoms with E-state index in [4.69, 9.17) is 10.5 Å². The molecular formula is C12H24N2O2. The van der Waals surface area contributed by atoms with Crippen LogP contribution in [0.25, 0.3) is 0 Å². The van der Waals surface area contributed by atoms with Gasteiger partial charge < -0.3 is 15.8 Å². The van der Waals surface area contributed by atoms with Crippen molar-refractivity contribution in [3.8, 4) is 0 Å². The number of nitrogens with one attached hydrogen (secondary N) is 1. The second kappa shape index (κ2) is 9.36. The van der Waals surface area contributed by atoms with Gasteiger partial charge in [-0.15, -0.1) is 6.58 Å². The van der Waals surface area contributed by atoms with Crippen molar-refractivity contribution in [2.75, 3.05) is 19.8 Å². The zero-order chi connectivity index (χ0) is 12.4. The molecule has 0 aromatic heterocycles. The van der Waals surface area contributed by atoms with Gasteiger partial charge in [-0.25, -0.2) is 0 Å². The van der Waals surface area contributed by atoms with Crippen molar-refractivity contribution in [1.29, 1.82) is 0 Å². The molecule has 0 saturated carbocycles. The molecule has 0 aliphatic rings. The first-order chi connectivity index (χ1) is 7.63. The van der Waals surface area contributed by atoms with Crippen LogP contribution in [0.5, 0.6) is 0 Å². The normalized spacial score (nSPS) is 14.2. The van der Waals surface area contributed by atoms with Gasteiger partial charge in [0, 0.05) is 6.54 Å². The minimum atomic E-state index is -0.418. The number of nitrogens with two attached hydrogens (primary N) is 1. The largest absolute Gasteiger partial charge is 0.379 e. The van der Waals surface area contributed by atoms with Gasteiger partial charge in [0.15, 0.2) is 0 Å². The zero-order valence-corrected chi connectivity index (χ0v) is 10.4. The van der Waals surface area contributed by atoms with E-state index in [1.165, 1.54) is 0 Å². The van der Waals surface area contributed by atoms with Gasteiger partial charge in [-0.2, -0.15) is 0 Å². The summed E-state index contributed by atoms with van der Waals surface area (Å²) in [5.74, 6) is 0.114. The number of ether oxygens (including phenoxy) is 1. The van der Waals surface area contributed by atoms with E-state index in [-0.39, 0.29) is 11.8 Å². The molecule has 0 fully saturated rings. The second-order valence-corrected chi connectivity index (χ2v) is 3.89. The van der Waals surface area contributed by atoms with Crippen LogP contribution in [-0.2, 0) is 9.53 Å². The lowest BCUT2D eigenvalue weighted by Gasteiger charge is -2.17. The van der Waals surface area contributed by atoms with Crippen LogP contribution in [-0.4, -0.2) is 31.7 Å². The maximum atomic E-state index is 11.5. The van der Waals surface area contributed by atoms with Gasteiger partial charge in [0.2, 0.25) is 5.91 Å². The Balaban J connectivity index is 3.53. The summed E-state index contributed by atoms with van der Waals surface area (Å²) in [4.78, 5) is 11.5. The van der Waals surface area contributed by atoms with Crippen LogP contribution in [0.2, 0.25) is 0 Å². The molecule has 0 radical (unpaired) electrons. The van der Waals surface area contributed by atoms with E-state index in [1.54, 1.807) is 6.08 Å². The molecule has 0 rings (SSSR count). The molecule has 0 spiro atoms. The third-order valence-electron chi connectivity index (χ3n) is 2.57. The van der Waals surface area contributed by atoms with Crippen LogP contribution in [0.3, 0.4) is 0 Å². The minimum Gasteiger partial charge on any atom is -0.379 e. The Hall–Kier alpha value is -0.870. The van der Waals surface area contributed by atoms with Crippen molar-refractivity contribution < 1.29 is 9.53 Å². The van der Waals surface area contributed by atoms with Crippen LogP contribution in [0, 0.1) is 5.92 Å². The molecule has 2 atom stereocenters. The molecule has 94 valence electrons. The number of carbonyl (C=O) groups excluding carboxylic acids is 1. The lowest BCUT2D eigenvalue weighted by molar-refractivity contribution is -0.123. The summed E-state index contributed by atoms with van der Waals surface area (Å²) in [5, 5.41) is 2.76. The maximum Gasteiger partial charge on any atom is 0.237 e. The van der Waals surface area contributed by atoms with E-state index in [0.717, 1.165) is 12.8 Å². The molecule has 0 aliphatic heterocycles. The highest BCUT2D eigenvalue weighted by atomic mass is 16.5. The van der Waals surface area contributed by atoms with Crippen molar-refractivity contribution in [2.45, 2.75) is 32.7 Å². The highest BCUT2D eigenvalue weighted by Crippen LogP contribution is 2.04. The second-order valence-electron chi connectivity index (χ2n) is 3.89. The number of amides is 1. The molecule has 0 bridgehead atoms. The van der Waals surface area contributed by atoms with E-state index in [1.807, 2.05) is 13.8 Å². The molecule has 4 nitrogen and oxygen atoms in total. The highest BCUT2D eigenvalue weighted by Gasteiger charge is 2.18.